The molecule has 1 aromatic carbocycles. The van der Waals surface area contributed by atoms with E-state index < -0.39 is 12.0 Å². The van der Waals surface area contributed by atoms with Crippen LogP contribution in [0.3, 0.4) is 0 Å². The number of nitrogens with one attached hydrogen (secondary N) is 1. The van der Waals surface area contributed by atoms with Crippen molar-refractivity contribution in [3.63, 3.8) is 0 Å². The summed E-state index contributed by atoms with van der Waals surface area (Å²) in [6.45, 7) is 4.09. The van der Waals surface area contributed by atoms with Gasteiger partial charge in [-0.25, -0.2) is 4.68 Å². The molecular weight excluding hydrogens is 363 g/mol. The topological polar surface area (TPSA) is 69.0 Å². The largest absolute Gasteiger partial charge is 0.465 e. The number of ether oxygens (including phenoxy) is 1. The summed E-state index contributed by atoms with van der Waals surface area (Å²) in [7, 11) is 0. The highest BCUT2D eigenvalue weighted by atomic mass is 35.5. The van der Waals surface area contributed by atoms with Gasteiger partial charge in [-0.15, -0.1) is 0 Å². The summed E-state index contributed by atoms with van der Waals surface area (Å²) < 4.78 is 6.99. The van der Waals surface area contributed by atoms with Crippen molar-refractivity contribution in [3.8, 4) is 0 Å². The fourth-order valence-corrected chi connectivity index (χ4v) is 3.28. The number of nitrogens with zero attached hydrogens (tertiary/aromatic N) is 3. The Labute approximate surface area is 155 Å². The number of esters is 1. The monoisotopic (exact) mass is 380 g/mol. The van der Waals surface area contributed by atoms with E-state index in [0.717, 1.165) is 17.7 Å². The molecule has 0 fully saturated rings. The van der Waals surface area contributed by atoms with Gasteiger partial charge in [0, 0.05) is 5.70 Å². The molecule has 0 unspecified atom stereocenters. The summed E-state index contributed by atoms with van der Waals surface area (Å²) in [5.74, 6) is -0.338. The molecule has 1 N–H and O–H groups in total. The summed E-state index contributed by atoms with van der Waals surface area (Å²) in [5.41, 5.74) is 1.56. The molecule has 0 amide bonds. The molecule has 132 valence electrons. The van der Waals surface area contributed by atoms with E-state index in [2.05, 4.69) is 15.4 Å². The van der Waals surface area contributed by atoms with Gasteiger partial charge in [-0.2, -0.15) is 10.1 Å². The number of carbonyl (C=O) groups is 1. The Morgan fingerprint density at radius 3 is 2.84 bits per heavy atom. The number of hydrogen-bond acceptors (Lipinski definition) is 5. The van der Waals surface area contributed by atoms with Crippen LogP contribution >= 0.6 is 23.2 Å². The molecule has 0 aliphatic carbocycles. The molecule has 0 spiro atoms. The predicted molar refractivity (Wildman–Crippen MR) is 96.7 cm³/mol. The molecule has 2 aromatic rings. The van der Waals surface area contributed by atoms with Crippen molar-refractivity contribution in [3.05, 3.63) is 51.9 Å². The molecule has 1 aliphatic rings. The zero-order valence-corrected chi connectivity index (χ0v) is 15.4. The first-order chi connectivity index (χ1) is 12.1. The Morgan fingerprint density at radius 2 is 2.16 bits per heavy atom. The van der Waals surface area contributed by atoms with Gasteiger partial charge in [0.15, 0.2) is 0 Å². The van der Waals surface area contributed by atoms with Gasteiger partial charge in [-0.1, -0.05) is 42.3 Å². The van der Waals surface area contributed by atoms with Crippen LogP contribution in [0.1, 0.15) is 31.9 Å². The van der Waals surface area contributed by atoms with Crippen molar-refractivity contribution >= 4 is 35.1 Å². The van der Waals surface area contributed by atoms with Gasteiger partial charge in [-0.3, -0.25) is 4.79 Å². The van der Waals surface area contributed by atoms with Gasteiger partial charge >= 0.3 is 5.97 Å². The summed E-state index contributed by atoms with van der Waals surface area (Å²) >= 11 is 12.2. The molecule has 0 saturated carbocycles. The van der Waals surface area contributed by atoms with Crippen molar-refractivity contribution in [2.24, 2.45) is 5.92 Å². The second kappa shape index (κ2) is 7.45. The van der Waals surface area contributed by atoms with E-state index in [1.807, 2.05) is 19.1 Å². The van der Waals surface area contributed by atoms with Gasteiger partial charge < -0.3 is 10.1 Å². The highest BCUT2D eigenvalue weighted by Crippen LogP contribution is 2.40. The number of aromatic nitrogens is 3. The Bertz CT molecular complexity index is 819. The Morgan fingerprint density at radius 1 is 1.36 bits per heavy atom. The molecule has 0 bridgehead atoms. The van der Waals surface area contributed by atoms with E-state index in [4.69, 9.17) is 27.9 Å². The van der Waals surface area contributed by atoms with Gasteiger partial charge in [-0.05, 0) is 31.0 Å². The third-order valence-corrected chi connectivity index (χ3v) is 4.73. The Hall–Kier alpha value is -2.05. The van der Waals surface area contributed by atoms with E-state index in [1.165, 1.54) is 6.33 Å². The van der Waals surface area contributed by atoms with Crippen LogP contribution in [-0.4, -0.2) is 27.3 Å². The van der Waals surface area contributed by atoms with Crippen molar-refractivity contribution in [1.82, 2.24) is 14.8 Å². The van der Waals surface area contributed by atoms with Crippen molar-refractivity contribution in [2.75, 3.05) is 11.9 Å². The standard InChI is InChI=1S/C17H18Cl2N4O2/c1-3-5-13-14(16(24)25-4-2)15(23-17(22-13)20-9-21-23)10-6-7-11(18)12(19)8-10/h5-9,14-15H,3-4H2,1-2H3,(H,20,21,22)/b13-5+/t14-,15+/m0/s1. The number of allylic oxidation sites excluding steroid dienone is 1. The SMILES string of the molecule is CC/C=C1/Nc2ncnn2[C@H](c2ccc(Cl)c(Cl)c2)[C@H]1C(=O)OCC. The summed E-state index contributed by atoms with van der Waals surface area (Å²) in [4.78, 5) is 17.0. The molecule has 1 aliphatic heterocycles. The van der Waals surface area contributed by atoms with Crippen molar-refractivity contribution in [1.29, 1.82) is 0 Å². The first-order valence-corrected chi connectivity index (χ1v) is 8.80. The fraction of sp³-hybridized carbons (Fsp3) is 0.353. The zero-order chi connectivity index (χ0) is 18.0. The minimum Gasteiger partial charge on any atom is -0.465 e. The number of hydrogen-bond donors (Lipinski definition) is 1. The van der Waals surface area contributed by atoms with Gasteiger partial charge in [0.05, 0.1) is 22.7 Å². The van der Waals surface area contributed by atoms with Gasteiger partial charge in [0.2, 0.25) is 5.95 Å². The smallest absolute Gasteiger partial charge is 0.317 e. The minimum absolute atomic E-state index is 0.299. The molecular formula is C17H18Cl2N4O2. The molecule has 2 heterocycles. The number of benzene rings is 1. The number of halogens is 2. The Balaban J connectivity index is 2.16. The maximum absolute atomic E-state index is 12.7. The van der Waals surface area contributed by atoms with E-state index in [0.29, 0.717) is 22.6 Å². The van der Waals surface area contributed by atoms with Crippen molar-refractivity contribution in [2.45, 2.75) is 26.3 Å². The molecule has 2 atom stereocenters. The van der Waals surface area contributed by atoms with E-state index in [-0.39, 0.29) is 5.97 Å². The summed E-state index contributed by atoms with van der Waals surface area (Å²) in [6.07, 6.45) is 4.18. The van der Waals surface area contributed by atoms with Crippen LogP contribution in [-0.2, 0) is 9.53 Å². The molecule has 6 nitrogen and oxygen atoms in total. The molecule has 1 aromatic heterocycles. The quantitative estimate of drug-likeness (QED) is 0.809. The average molecular weight is 381 g/mol. The van der Waals surface area contributed by atoms with Gasteiger partial charge in [0.1, 0.15) is 12.2 Å². The number of carbonyl (C=O) groups excluding carboxylic acids is 1. The molecule has 3 rings (SSSR count). The van der Waals surface area contributed by atoms with Crippen LogP contribution in [0, 0.1) is 5.92 Å². The zero-order valence-electron chi connectivity index (χ0n) is 13.9. The molecule has 25 heavy (non-hydrogen) atoms. The molecule has 8 heteroatoms. The normalized spacial score (nSPS) is 20.9. The fourth-order valence-electron chi connectivity index (χ4n) is 2.98. The van der Waals surface area contributed by atoms with E-state index >= 15 is 0 Å². The molecule has 0 radical (unpaired) electrons. The van der Waals surface area contributed by atoms with Gasteiger partial charge in [0.25, 0.3) is 0 Å². The lowest BCUT2D eigenvalue weighted by Gasteiger charge is -2.33. The second-order valence-corrected chi connectivity index (χ2v) is 6.38. The lowest BCUT2D eigenvalue weighted by atomic mass is 9.88. The maximum atomic E-state index is 12.7. The summed E-state index contributed by atoms with van der Waals surface area (Å²) in [5, 5.41) is 8.34. The average Bonchev–Trinajstić information content (AvgIpc) is 3.04. The highest BCUT2D eigenvalue weighted by Gasteiger charge is 2.41. The van der Waals surface area contributed by atoms with E-state index in [1.54, 1.807) is 23.7 Å². The highest BCUT2D eigenvalue weighted by molar-refractivity contribution is 6.42. The van der Waals surface area contributed by atoms with Crippen LogP contribution < -0.4 is 5.32 Å². The first kappa shape index (κ1) is 17.8. The lowest BCUT2D eigenvalue weighted by molar-refractivity contribution is -0.147. The Kier molecular flexibility index (Phi) is 5.30. The van der Waals surface area contributed by atoms with Crippen molar-refractivity contribution < 1.29 is 9.53 Å². The first-order valence-electron chi connectivity index (χ1n) is 8.05. The van der Waals surface area contributed by atoms with Crippen LogP contribution in [0.5, 0.6) is 0 Å². The predicted octanol–water partition coefficient (Wildman–Crippen LogP) is 4.07. The number of rotatable bonds is 4. The lowest BCUT2D eigenvalue weighted by Crippen LogP contribution is -2.38. The van der Waals surface area contributed by atoms with Crippen LogP contribution in [0.4, 0.5) is 5.95 Å². The van der Waals surface area contributed by atoms with Crippen LogP contribution in [0.25, 0.3) is 0 Å². The second-order valence-electron chi connectivity index (χ2n) is 5.57. The minimum atomic E-state index is -0.577. The van der Waals surface area contributed by atoms with Crippen LogP contribution in [0.2, 0.25) is 10.0 Å². The number of fused-ring (bicyclic) bond motifs is 1. The third kappa shape index (κ3) is 3.37. The maximum Gasteiger partial charge on any atom is 0.317 e. The number of anilines is 1. The van der Waals surface area contributed by atoms with E-state index in [9.17, 15) is 4.79 Å². The van der Waals surface area contributed by atoms with Crippen LogP contribution in [0.15, 0.2) is 36.3 Å². The third-order valence-electron chi connectivity index (χ3n) is 3.99. The molecule has 0 saturated heterocycles. The summed E-state index contributed by atoms with van der Waals surface area (Å²) in [6, 6.07) is 4.88.